The summed E-state index contributed by atoms with van der Waals surface area (Å²) < 4.78 is 1.07. The SMILES string of the molecule is C=C/C=C(/C)C(=C)I. The Hall–Kier alpha value is -0.0500. The minimum absolute atomic E-state index is 1.07. The van der Waals surface area contributed by atoms with Gasteiger partial charge in [0.25, 0.3) is 0 Å². The van der Waals surface area contributed by atoms with Crippen LogP contribution < -0.4 is 0 Å². The molecule has 0 amide bonds. The average molecular weight is 220 g/mol. The summed E-state index contributed by atoms with van der Waals surface area (Å²) in [6.45, 7) is 9.32. The maximum atomic E-state index is 3.74. The van der Waals surface area contributed by atoms with E-state index >= 15 is 0 Å². The van der Waals surface area contributed by atoms with Gasteiger partial charge in [-0.2, -0.15) is 0 Å². The lowest BCUT2D eigenvalue weighted by molar-refractivity contribution is 1.53. The van der Waals surface area contributed by atoms with Gasteiger partial charge in [-0.1, -0.05) is 25.3 Å². The normalized spacial score (nSPS) is 11.0. The third kappa shape index (κ3) is 3.02. The fourth-order valence-electron chi connectivity index (χ4n) is 0.267. The standard InChI is InChI=1S/C7H9I/c1-4-5-6(2)7(3)8/h4-5H,1,3H2,2H3/b6-5-. The molecule has 0 saturated carbocycles. The van der Waals surface area contributed by atoms with Crippen molar-refractivity contribution in [2.45, 2.75) is 6.92 Å². The van der Waals surface area contributed by atoms with Crippen LogP contribution in [0, 0.1) is 0 Å². The van der Waals surface area contributed by atoms with Crippen LogP contribution in [0.15, 0.2) is 34.5 Å². The van der Waals surface area contributed by atoms with Crippen LogP contribution in [0.5, 0.6) is 0 Å². The fourth-order valence-corrected chi connectivity index (χ4v) is 0.447. The van der Waals surface area contributed by atoms with Gasteiger partial charge in [-0.15, -0.1) is 0 Å². The Kier molecular flexibility index (Phi) is 3.87. The molecule has 0 atom stereocenters. The van der Waals surface area contributed by atoms with E-state index in [2.05, 4.69) is 35.7 Å². The van der Waals surface area contributed by atoms with E-state index in [9.17, 15) is 0 Å². The molecule has 44 valence electrons. The van der Waals surface area contributed by atoms with Crippen molar-refractivity contribution in [3.05, 3.63) is 34.5 Å². The first-order valence-corrected chi connectivity index (χ1v) is 3.40. The maximum Gasteiger partial charge on any atom is 0.00872 e. The lowest BCUT2D eigenvalue weighted by Crippen LogP contribution is -1.67. The largest absolute Gasteiger partial charge is 0.0991 e. The van der Waals surface area contributed by atoms with Crippen LogP contribution in [0.2, 0.25) is 0 Å². The smallest absolute Gasteiger partial charge is 0.00872 e. The minimum Gasteiger partial charge on any atom is -0.0991 e. The van der Waals surface area contributed by atoms with Crippen LogP contribution in [-0.2, 0) is 0 Å². The summed E-state index contributed by atoms with van der Waals surface area (Å²) in [7, 11) is 0. The van der Waals surface area contributed by atoms with Gasteiger partial charge in [0.05, 0.1) is 0 Å². The van der Waals surface area contributed by atoms with E-state index in [0.717, 1.165) is 3.58 Å². The maximum absolute atomic E-state index is 3.74. The molecule has 0 unspecified atom stereocenters. The van der Waals surface area contributed by atoms with Gasteiger partial charge in [-0.25, -0.2) is 0 Å². The highest BCUT2D eigenvalue weighted by Gasteiger charge is 1.84. The van der Waals surface area contributed by atoms with Crippen molar-refractivity contribution in [3.63, 3.8) is 0 Å². The van der Waals surface area contributed by atoms with Gasteiger partial charge in [0.2, 0.25) is 0 Å². The zero-order chi connectivity index (χ0) is 6.57. The Balaban J connectivity index is 3.99. The summed E-state index contributed by atoms with van der Waals surface area (Å²) in [6.07, 6.45) is 3.70. The predicted molar refractivity (Wildman–Crippen MR) is 47.1 cm³/mol. The van der Waals surface area contributed by atoms with E-state index < -0.39 is 0 Å². The number of halogens is 1. The lowest BCUT2D eigenvalue weighted by Gasteiger charge is -1.90. The molecule has 0 aliphatic carbocycles. The quantitative estimate of drug-likeness (QED) is 0.495. The molecule has 8 heavy (non-hydrogen) atoms. The first-order chi connectivity index (χ1) is 3.68. The average Bonchev–Trinajstić information content (AvgIpc) is 1.67. The molecule has 0 nitrogen and oxygen atoms in total. The summed E-state index contributed by atoms with van der Waals surface area (Å²) in [4.78, 5) is 0. The Bertz CT molecular complexity index is 131. The Labute approximate surface area is 64.1 Å². The van der Waals surface area contributed by atoms with E-state index in [-0.39, 0.29) is 0 Å². The number of rotatable bonds is 2. The van der Waals surface area contributed by atoms with E-state index in [1.54, 1.807) is 6.08 Å². The highest BCUT2D eigenvalue weighted by Crippen LogP contribution is 2.13. The second-order valence-electron chi connectivity index (χ2n) is 1.49. The first-order valence-electron chi connectivity index (χ1n) is 2.32. The molecule has 0 heterocycles. The molecule has 0 aliphatic rings. The molecule has 0 fully saturated rings. The molecular formula is C7H9I. The Morgan fingerprint density at radius 1 is 1.62 bits per heavy atom. The van der Waals surface area contributed by atoms with Gasteiger partial charge in [-0.3, -0.25) is 0 Å². The molecule has 0 rings (SSSR count). The topological polar surface area (TPSA) is 0 Å². The summed E-state index contributed by atoms with van der Waals surface area (Å²) in [6, 6.07) is 0. The van der Waals surface area contributed by atoms with Gasteiger partial charge in [0, 0.05) is 3.58 Å². The van der Waals surface area contributed by atoms with Crippen molar-refractivity contribution in [2.75, 3.05) is 0 Å². The third-order valence-corrected chi connectivity index (χ3v) is 1.65. The van der Waals surface area contributed by atoms with E-state index in [0.29, 0.717) is 0 Å². The van der Waals surface area contributed by atoms with Crippen molar-refractivity contribution in [3.8, 4) is 0 Å². The zero-order valence-electron chi connectivity index (χ0n) is 4.95. The van der Waals surface area contributed by atoms with Crippen LogP contribution in [-0.4, -0.2) is 0 Å². The van der Waals surface area contributed by atoms with Crippen molar-refractivity contribution < 1.29 is 0 Å². The highest BCUT2D eigenvalue weighted by atomic mass is 127. The monoisotopic (exact) mass is 220 g/mol. The van der Waals surface area contributed by atoms with E-state index in [1.165, 1.54) is 5.57 Å². The molecule has 0 aliphatic heterocycles. The molecule has 0 radical (unpaired) electrons. The van der Waals surface area contributed by atoms with Crippen LogP contribution in [0.1, 0.15) is 6.92 Å². The van der Waals surface area contributed by atoms with Gasteiger partial charge in [-0.05, 0) is 35.1 Å². The molecule has 1 heteroatoms. The lowest BCUT2D eigenvalue weighted by atomic mass is 10.3. The van der Waals surface area contributed by atoms with Crippen molar-refractivity contribution in [1.82, 2.24) is 0 Å². The molecule has 0 aromatic rings. The first kappa shape index (κ1) is 7.95. The number of hydrogen-bond donors (Lipinski definition) is 0. The zero-order valence-corrected chi connectivity index (χ0v) is 7.10. The summed E-state index contributed by atoms with van der Waals surface area (Å²) in [5.74, 6) is 0. The van der Waals surface area contributed by atoms with Gasteiger partial charge in [0.15, 0.2) is 0 Å². The number of allylic oxidation sites excluding steroid dienone is 4. The minimum atomic E-state index is 1.07. The number of hydrogen-bond acceptors (Lipinski definition) is 0. The van der Waals surface area contributed by atoms with Crippen molar-refractivity contribution in [2.24, 2.45) is 0 Å². The molecule has 0 bridgehead atoms. The van der Waals surface area contributed by atoms with E-state index in [1.807, 2.05) is 13.0 Å². The molecule has 0 saturated heterocycles. The molecule has 0 N–H and O–H groups in total. The second-order valence-corrected chi connectivity index (χ2v) is 2.79. The third-order valence-electron chi connectivity index (χ3n) is 0.796. The van der Waals surface area contributed by atoms with Gasteiger partial charge < -0.3 is 0 Å². The summed E-state index contributed by atoms with van der Waals surface area (Å²) in [5.41, 5.74) is 1.18. The van der Waals surface area contributed by atoms with Crippen LogP contribution >= 0.6 is 22.6 Å². The predicted octanol–water partition coefficient (Wildman–Crippen LogP) is 3.07. The van der Waals surface area contributed by atoms with Crippen LogP contribution in [0.3, 0.4) is 0 Å². The van der Waals surface area contributed by atoms with E-state index in [4.69, 9.17) is 0 Å². The summed E-state index contributed by atoms with van der Waals surface area (Å²) in [5, 5.41) is 0. The van der Waals surface area contributed by atoms with Gasteiger partial charge >= 0.3 is 0 Å². The second kappa shape index (κ2) is 3.89. The van der Waals surface area contributed by atoms with Crippen LogP contribution in [0.4, 0.5) is 0 Å². The van der Waals surface area contributed by atoms with Crippen molar-refractivity contribution >= 4 is 22.6 Å². The fraction of sp³-hybridized carbons (Fsp3) is 0.143. The Morgan fingerprint density at radius 3 is 2.25 bits per heavy atom. The molecular weight excluding hydrogens is 211 g/mol. The highest BCUT2D eigenvalue weighted by molar-refractivity contribution is 14.1. The molecule has 0 aromatic carbocycles. The molecule has 0 spiro atoms. The van der Waals surface area contributed by atoms with Crippen molar-refractivity contribution in [1.29, 1.82) is 0 Å². The Morgan fingerprint density at radius 2 is 2.12 bits per heavy atom. The van der Waals surface area contributed by atoms with Gasteiger partial charge in [0.1, 0.15) is 0 Å². The van der Waals surface area contributed by atoms with Crippen LogP contribution in [0.25, 0.3) is 0 Å². The summed E-state index contributed by atoms with van der Waals surface area (Å²) >= 11 is 2.18. The molecule has 0 aromatic heterocycles.